The maximum Gasteiger partial charge on any atom is 0.256 e. The summed E-state index contributed by atoms with van der Waals surface area (Å²) in [6.45, 7) is 32.4. The van der Waals surface area contributed by atoms with Gasteiger partial charge >= 0.3 is 0 Å². The molecule has 16 aromatic carbocycles. The van der Waals surface area contributed by atoms with Crippen LogP contribution in [0.1, 0.15) is 130 Å². The van der Waals surface area contributed by atoms with Crippen LogP contribution in [0.3, 0.4) is 0 Å². The molecule has 0 N–H and O–H groups in total. The van der Waals surface area contributed by atoms with Gasteiger partial charge in [0.15, 0.2) is 0 Å². The lowest BCUT2D eigenvalue weighted by molar-refractivity contribution is 0.488. The van der Waals surface area contributed by atoms with Gasteiger partial charge in [0.05, 0.1) is 28.1 Å². The Morgan fingerprint density at radius 1 is 0.262 bits per heavy atom. The molecule has 1 aliphatic carbocycles. The molecular formula is C115H98B2N4O. The molecule has 590 valence electrons. The highest BCUT2D eigenvalue weighted by Crippen LogP contribution is 2.58. The Hall–Kier alpha value is -13.4. The van der Waals surface area contributed by atoms with E-state index in [0.717, 1.165) is 140 Å². The molecule has 22 rings (SSSR count). The van der Waals surface area contributed by atoms with Gasteiger partial charge in [-0.1, -0.05) is 334 Å². The van der Waals surface area contributed by atoms with E-state index in [-0.39, 0.29) is 40.5 Å². The number of aromatic nitrogens is 1. The van der Waals surface area contributed by atoms with Crippen molar-refractivity contribution in [3.63, 3.8) is 0 Å². The zero-order valence-electron chi connectivity index (χ0n) is 72.2. The van der Waals surface area contributed by atoms with E-state index in [4.69, 9.17) is 4.74 Å². The molecule has 0 atom stereocenters. The highest BCUT2D eigenvalue weighted by Gasteiger charge is 2.50. The van der Waals surface area contributed by atoms with E-state index in [1.54, 1.807) is 0 Å². The van der Waals surface area contributed by atoms with Crippen LogP contribution in [0.25, 0.3) is 94.3 Å². The number of fused-ring (bicyclic) bond motifs is 14. The summed E-state index contributed by atoms with van der Waals surface area (Å²) in [5.74, 6) is 1.68. The van der Waals surface area contributed by atoms with E-state index in [0.29, 0.717) is 0 Å². The molecule has 1 aromatic heterocycles. The molecule has 0 saturated carbocycles. The van der Waals surface area contributed by atoms with Gasteiger partial charge < -0.3 is 24.0 Å². The molecule has 0 bridgehead atoms. The summed E-state index contributed by atoms with van der Waals surface area (Å²) in [6, 6.07) is 130. The maximum absolute atomic E-state index is 8.23. The van der Waals surface area contributed by atoms with E-state index in [2.05, 4.69) is 456 Å². The fourth-order valence-electron chi connectivity index (χ4n) is 21.0. The third-order valence-electron chi connectivity index (χ3n) is 27.2. The summed E-state index contributed by atoms with van der Waals surface area (Å²) in [7, 11) is 0. The number of rotatable bonds is 9. The minimum Gasteiger partial charge on any atom is -0.458 e. The topological polar surface area (TPSA) is 23.9 Å². The lowest BCUT2D eigenvalue weighted by Crippen LogP contribution is -2.64. The first kappa shape index (κ1) is 74.9. The number of anilines is 9. The molecule has 5 aliphatic rings. The summed E-state index contributed by atoms with van der Waals surface area (Å²) in [6.07, 6.45) is 0. The Morgan fingerprint density at radius 2 is 0.672 bits per heavy atom. The van der Waals surface area contributed by atoms with Crippen molar-refractivity contribution < 1.29 is 4.74 Å². The van der Waals surface area contributed by atoms with Crippen molar-refractivity contribution >= 4 is 119 Å². The van der Waals surface area contributed by atoms with Crippen molar-refractivity contribution in [3.8, 4) is 83.9 Å². The Morgan fingerprint density at radius 3 is 1.16 bits per heavy atom. The molecule has 122 heavy (non-hydrogen) atoms. The van der Waals surface area contributed by atoms with Crippen molar-refractivity contribution in [2.75, 3.05) is 14.7 Å². The molecular weight excluding hydrogens is 1470 g/mol. The number of benzene rings is 16. The van der Waals surface area contributed by atoms with E-state index in [1.165, 1.54) is 82.7 Å². The first-order chi connectivity index (χ1) is 58.8. The summed E-state index contributed by atoms with van der Waals surface area (Å²) in [4.78, 5) is 7.94. The second-order valence-electron chi connectivity index (χ2n) is 39.2. The van der Waals surface area contributed by atoms with Gasteiger partial charge in [0.25, 0.3) is 13.4 Å². The van der Waals surface area contributed by atoms with Gasteiger partial charge in [0.1, 0.15) is 11.5 Å². The summed E-state index contributed by atoms with van der Waals surface area (Å²) < 4.78 is 10.8. The van der Waals surface area contributed by atoms with E-state index in [1.807, 2.05) is 0 Å². The molecule has 0 saturated heterocycles. The first-order valence-corrected chi connectivity index (χ1v) is 43.6. The van der Waals surface area contributed by atoms with Crippen molar-refractivity contribution in [1.29, 1.82) is 0 Å². The maximum atomic E-state index is 8.23. The minimum absolute atomic E-state index is 0.0943. The highest BCUT2D eigenvalue weighted by atomic mass is 16.5. The lowest BCUT2D eigenvalue weighted by Gasteiger charge is -2.46. The Kier molecular flexibility index (Phi) is 16.8. The normalized spacial score (nSPS) is 14.0. The second-order valence-corrected chi connectivity index (χ2v) is 39.2. The van der Waals surface area contributed by atoms with Crippen LogP contribution in [-0.2, 0) is 27.1 Å². The van der Waals surface area contributed by atoms with Crippen LogP contribution in [0.15, 0.2) is 340 Å². The van der Waals surface area contributed by atoms with E-state index >= 15 is 0 Å². The molecule has 5 nitrogen and oxygen atoms in total. The van der Waals surface area contributed by atoms with E-state index < -0.39 is 0 Å². The standard InChI is InChI=1S/C115H98B2N4O/c1-111(2,3)76-55-57-96-89(61-76)90-62-77(112(4,5)6)56-58-97(90)119(96)81-67-102-107-103(68-81)121(110-87(73-41-24-17-25-42-73)65-79(114(10,11)12)66-88(110)74-43-26-18-27-44-74)98-53-34-32-51-92(98)116(107)94-69-95-104(70-100(94)118(102)80-45-28-19-29-46-80)122-105-60-75(82-48-36-49-84-83-47-30-31-50-91(83)115(13,14)106(82)84)59-101-108(105)117(95)93-52-33-35-54-99(93)120(101)109-85(71-37-20-15-21-38-71)63-78(113(7,8)9)64-86(109)72-39-22-16-23-40-72/h15-70H,1-14H3. The molecule has 5 heterocycles. The lowest BCUT2D eigenvalue weighted by atomic mass is 9.30. The largest absolute Gasteiger partial charge is 0.458 e. The number of hydrogen-bond donors (Lipinski definition) is 0. The van der Waals surface area contributed by atoms with Gasteiger partial charge in [-0.2, -0.15) is 0 Å². The molecule has 17 aromatic rings. The molecule has 7 heteroatoms. The molecule has 4 aliphatic heterocycles. The zero-order valence-corrected chi connectivity index (χ0v) is 72.2. The van der Waals surface area contributed by atoms with Crippen LogP contribution >= 0.6 is 0 Å². The molecule has 0 unspecified atom stereocenters. The SMILES string of the molecule is CC(C)(C)c1cc(-c2ccccc2)c(N2c3ccccc3B3c4cc5c(cc4Oc4cc(-c6cccc7c6C(C)(C)c6ccccc6-7)cc2c43)N(c2ccccc2)c2cc(-n3c4ccc(C(C)(C)C)cc4c4cc(C(C)(C)C)ccc43)cc3c2B5c2ccccc2N3c2c(-c3ccccc3)cc(C(C)(C)C)cc2-c2ccccc2)c(-c2ccccc2)c1. The van der Waals surface area contributed by atoms with Gasteiger partial charge in [0.2, 0.25) is 0 Å². The third-order valence-corrected chi connectivity index (χ3v) is 27.2. The molecule has 0 fully saturated rings. The molecule has 0 radical (unpaired) electrons. The van der Waals surface area contributed by atoms with Crippen molar-refractivity contribution in [2.24, 2.45) is 0 Å². The smallest absolute Gasteiger partial charge is 0.256 e. The fraction of sp³-hybridized carbons (Fsp3) is 0.165. The van der Waals surface area contributed by atoms with Crippen LogP contribution < -0.4 is 52.2 Å². The van der Waals surface area contributed by atoms with Crippen LogP contribution in [0, 0.1) is 0 Å². The summed E-state index contributed by atoms with van der Waals surface area (Å²) in [5, 5.41) is 2.48. The molecule has 0 amide bonds. The highest BCUT2D eigenvalue weighted by molar-refractivity contribution is 7.02. The first-order valence-electron chi connectivity index (χ1n) is 43.6. The third kappa shape index (κ3) is 11.7. The molecule has 0 spiro atoms. The van der Waals surface area contributed by atoms with Crippen molar-refractivity contribution in [1.82, 2.24) is 4.57 Å². The predicted octanol–water partition coefficient (Wildman–Crippen LogP) is 27.1. The van der Waals surface area contributed by atoms with Crippen LogP contribution in [0.2, 0.25) is 0 Å². The van der Waals surface area contributed by atoms with Gasteiger partial charge in [-0.3, -0.25) is 0 Å². The number of nitrogens with zero attached hydrogens (tertiary/aromatic N) is 4. The summed E-state index contributed by atoms with van der Waals surface area (Å²) in [5.41, 5.74) is 41.5. The van der Waals surface area contributed by atoms with Gasteiger partial charge in [-0.05, 0) is 229 Å². The number of para-hydroxylation sites is 3. The van der Waals surface area contributed by atoms with Gasteiger partial charge in [0, 0.05) is 84.3 Å². The number of ether oxygens (including phenoxy) is 1. The van der Waals surface area contributed by atoms with Crippen LogP contribution in [-0.4, -0.2) is 18.0 Å². The zero-order chi connectivity index (χ0) is 83.4. The van der Waals surface area contributed by atoms with Gasteiger partial charge in [-0.15, -0.1) is 0 Å². The average molecular weight is 1570 g/mol. The van der Waals surface area contributed by atoms with Crippen molar-refractivity contribution in [2.45, 2.75) is 124 Å². The average Bonchev–Trinajstić information content (AvgIpc) is 0.703. The van der Waals surface area contributed by atoms with Crippen LogP contribution in [0.5, 0.6) is 11.5 Å². The van der Waals surface area contributed by atoms with Crippen molar-refractivity contribution in [3.05, 3.63) is 373 Å². The minimum atomic E-state index is -0.315. The number of hydrogen-bond acceptors (Lipinski definition) is 4. The quantitative estimate of drug-likeness (QED) is 0.134. The van der Waals surface area contributed by atoms with E-state index in [9.17, 15) is 0 Å². The Bertz CT molecular complexity index is 6980. The fourth-order valence-corrected chi connectivity index (χ4v) is 21.0. The Balaban J connectivity index is 0.858. The van der Waals surface area contributed by atoms with Gasteiger partial charge in [-0.25, -0.2) is 0 Å². The monoisotopic (exact) mass is 1570 g/mol. The predicted molar refractivity (Wildman–Crippen MR) is 520 cm³/mol. The van der Waals surface area contributed by atoms with Crippen LogP contribution in [0.4, 0.5) is 51.2 Å². The Labute approximate surface area is 719 Å². The summed E-state index contributed by atoms with van der Waals surface area (Å²) >= 11 is 0. The second kappa shape index (κ2) is 27.3.